The van der Waals surface area contributed by atoms with Gasteiger partial charge in [-0.25, -0.2) is 10.9 Å². The molecule has 0 aromatic heterocycles. The van der Waals surface area contributed by atoms with E-state index in [1.165, 1.54) is 11.8 Å². The summed E-state index contributed by atoms with van der Waals surface area (Å²) < 4.78 is 0. The first kappa shape index (κ1) is 12.3. The minimum Gasteiger partial charge on any atom is -0.295 e. The maximum atomic E-state index is 11.9. The van der Waals surface area contributed by atoms with Gasteiger partial charge in [-0.3, -0.25) is 10.2 Å². The molecule has 1 rings (SSSR count). The highest BCUT2D eigenvalue weighted by molar-refractivity contribution is 8.13. The van der Waals surface area contributed by atoms with Crippen LogP contribution in [0.5, 0.6) is 0 Å². The fraction of sp³-hybridized carbons (Fsp3) is 0.778. The molecule has 0 spiro atoms. The smallest absolute Gasteiger partial charge is 0.267 e. The van der Waals surface area contributed by atoms with Gasteiger partial charge in [0.15, 0.2) is 0 Å². The van der Waals surface area contributed by atoms with Crippen molar-refractivity contribution in [2.75, 3.05) is 6.26 Å². The fourth-order valence-corrected chi connectivity index (χ4v) is 2.12. The van der Waals surface area contributed by atoms with Crippen LogP contribution in [0.3, 0.4) is 0 Å². The summed E-state index contributed by atoms with van der Waals surface area (Å²) in [5.41, 5.74) is 2.90. The average Bonchev–Trinajstić information content (AvgIpc) is 2.26. The Balaban J connectivity index is 2.80. The third-order valence-corrected chi connectivity index (χ3v) is 3.36. The lowest BCUT2D eigenvalue weighted by Crippen LogP contribution is -2.57. The molecule has 15 heavy (non-hydrogen) atoms. The lowest BCUT2D eigenvalue weighted by molar-refractivity contribution is -0.132. The van der Waals surface area contributed by atoms with E-state index in [9.17, 15) is 4.79 Å². The predicted octanol–water partition coefficient (Wildman–Crippen LogP) is 0.731. The molecule has 0 radical (unpaired) electrons. The summed E-state index contributed by atoms with van der Waals surface area (Å²) >= 11 is 1.35. The number of rotatable bonds is 3. The van der Waals surface area contributed by atoms with E-state index in [1.54, 1.807) is 0 Å². The van der Waals surface area contributed by atoms with E-state index in [-0.39, 0.29) is 17.9 Å². The van der Waals surface area contributed by atoms with Gasteiger partial charge in [-0.2, -0.15) is 5.10 Å². The quantitative estimate of drug-likeness (QED) is 0.554. The van der Waals surface area contributed by atoms with Crippen LogP contribution in [0.25, 0.3) is 0 Å². The molecule has 6 heteroatoms. The number of nitrogens with one attached hydrogen (secondary N) is 1. The van der Waals surface area contributed by atoms with Crippen LogP contribution in [0.2, 0.25) is 0 Å². The second kappa shape index (κ2) is 5.37. The van der Waals surface area contributed by atoms with Crippen LogP contribution in [0.4, 0.5) is 0 Å². The van der Waals surface area contributed by atoms with Crippen LogP contribution in [0, 0.1) is 5.92 Å². The van der Waals surface area contributed by atoms with Gasteiger partial charge in [0.05, 0.1) is 0 Å². The molecular formula is C9H18N4OS. The Kier molecular flexibility index (Phi) is 4.41. The molecule has 3 N–H and O–H groups in total. The van der Waals surface area contributed by atoms with Crippen molar-refractivity contribution >= 4 is 22.8 Å². The van der Waals surface area contributed by atoms with E-state index in [4.69, 9.17) is 5.84 Å². The van der Waals surface area contributed by atoms with Crippen LogP contribution in [0.15, 0.2) is 5.10 Å². The third-order valence-electron chi connectivity index (χ3n) is 2.71. The Morgan fingerprint density at radius 1 is 1.60 bits per heavy atom. The van der Waals surface area contributed by atoms with Gasteiger partial charge >= 0.3 is 0 Å². The molecule has 0 aromatic carbocycles. The second-order valence-corrected chi connectivity index (χ2v) is 4.26. The lowest BCUT2D eigenvalue weighted by Gasteiger charge is -2.32. The van der Waals surface area contributed by atoms with Gasteiger partial charge in [0.1, 0.15) is 6.04 Å². The Hall–Kier alpha value is -0.750. The second-order valence-electron chi connectivity index (χ2n) is 3.49. The van der Waals surface area contributed by atoms with E-state index in [0.29, 0.717) is 5.17 Å². The Morgan fingerprint density at radius 2 is 2.20 bits per heavy atom. The number of hydrazine groups is 1. The molecule has 5 nitrogen and oxygen atoms in total. The molecule has 1 atom stereocenters. The minimum atomic E-state index is -0.277. The van der Waals surface area contributed by atoms with Crippen LogP contribution in [-0.4, -0.2) is 28.4 Å². The predicted molar refractivity (Wildman–Crippen MR) is 63.0 cm³/mol. The summed E-state index contributed by atoms with van der Waals surface area (Å²) in [4.78, 5) is 11.9. The summed E-state index contributed by atoms with van der Waals surface area (Å²) in [7, 11) is 0. The number of hydrogen-bond donors (Lipinski definition) is 2. The van der Waals surface area contributed by atoms with Crippen molar-refractivity contribution < 1.29 is 4.79 Å². The lowest BCUT2D eigenvalue weighted by atomic mass is 9.94. The van der Waals surface area contributed by atoms with Crippen molar-refractivity contribution in [1.82, 2.24) is 10.4 Å². The van der Waals surface area contributed by atoms with Crippen LogP contribution >= 0.6 is 11.8 Å². The number of amidine groups is 1. The van der Waals surface area contributed by atoms with E-state index in [1.807, 2.05) is 6.26 Å². The van der Waals surface area contributed by atoms with Gasteiger partial charge in [0, 0.05) is 0 Å². The monoisotopic (exact) mass is 230 g/mol. The highest BCUT2D eigenvalue weighted by Gasteiger charge is 2.33. The highest BCUT2D eigenvalue weighted by atomic mass is 32.2. The van der Waals surface area contributed by atoms with Crippen LogP contribution in [0.1, 0.15) is 26.7 Å². The molecule has 0 saturated heterocycles. The summed E-state index contributed by atoms with van der Waals surface area (Å²) in [6.07, 6.45) is 3.72. The van der Waals surface area contributed by atoms with Gasteiger partial charge in [0.25, 0.3) is 5.91 Å². The van der Waals surface area contributed by atoms with Crippen molar-refractivity contribution in [1.29, 1.82) is 0 Å². The summed E-state index contributed by atoms with van der Waals surface area (Å²) in [5.74, 6) is 5.86. The molecule has 1 aliphatic rings. The van der Waals surface area contributed by atoms with Crippen molar-refractivity contribution in [3.63, 3.8) is 0 Å². The number of carbonyl (C=O) groups excluding carboxylic acids is 1. The Labute approximate surface area is 94.4 Å². The summed E-state index contributed by atoms with van der Waals surface area (Å²) in [6, 6.07) is -0.277. The Morgan fingerprint density at radius 3 is 2.67 bits per heavy atom. The number of nitrogens with two attached hydrogens (primary N) is 1. The van der Waals surface area contributed by atoms with Crippen molar-refractivity contribution in [3.8, 4) is 0 Å². The molecule has 0 aliphatic carbocycles. The normalized spacial score (nSPS) is 21.7. The standard InChI is InChI=1S/C9H18N4OS/c1-4-6(5-2)7-8(14)13(10)9(15-3)12-11-7/h6-7,11H,4-5,10H2,1-3H3. The number of thioether (sulfide) groups is 1. The third kappa shape index (κ3) is 2.43. The fourth-order valence-electron chi connectivity index (χ4n) is 1.69. The summed E-state index contributed by atoms with van der Waals surface area (Å²) in [6.45, 7) is 4.13. The molecule has 86 valence electrons. The van der Waals surface area contributed by atoms with Gasteiger partial charge < -0.3 is 0 Å². The molecule has 1 unspecified atom stereocenters. The first-order valence-electron chi connectivity index (χ1n) is 5.11. The maximum Gasteiger partial charge on any atom is 0.267 e. The molecule has 0 bridgehead atoms. The molecule has 0 aromatic rings. The molecular weight excluding hydrogens is 212 g/mol. The van der Waals surface area contributed by atoms with Gasteiger partial charge in [-0.05, 0) is 12.2 Å². The van der Waals surface area contributed by atoms with Gasteiger partial charge in [0.2, 0.25) is 5.17 Å². The molecule has 0 fully saturated rings. The number of amides is 1. The molecule has 1 amide bonds. The zero-order valence-corrected chi connectivity index (χ0v) is 10.2. The number of carbonyl (C=O) groups is 1. The SMILES string of the molecule is CCC(CC)C1NN=C(SC)N(N)C1=O. The maximum absolute atomic E-state index is 11.9. The molecule has 1 aliphatic heterocycles. The van der Waals surface area contributed by atoms with Crippen LogP contribution < -0.4 is 11.3 Å². The molecule has 1 heterocycles. The van der Waals surface area contributed by atoms with Crippen molar-refractivity contribution in [2.45, 2.75) is 32.7 Å². The highest BCUT2D eigenvalue weighted by Crippen LogP contribution is 2.18. The minimum absolute atomic E-state index is 0.0944. The topological polar surface area (TPSA) is 70.7 Å². The zero-order chi connectivity index (χ0) is 11.4. The van der Waals surface area contributed by atoms with Gasteiger partial charge in [-0.1, -0.05) is 38.5 Å². The largest absolute Gasteiger partial charge is 0.295 e. The first-order valence-corrected chi connectivity index (χ1v) is 6.34. The van der Waals surface area contributed by atoms with E-state index >= 15 is 0 Å². The number of nitrogens with zero attached hydrogens (tertiary/aromatic N) is 2. The first-order chi connectivity index (χ1) is 7.15. The van der Waals surface area contributed by atoms with Crippen molar-refractivity contribution in [2.24, 2.45) is 16.9 Å². The number of hydrazone groups is 1. The van der Waals surface area contributed by atoms with Gasteiger partial charge in [-0.15, -0.1) is 0 Å². The number of hydrogen-bond acceptors (Lipinski definition) is 5. The average molecular weight is 230 g/mol. The van der Waals surface area contributed by atoms with Crippen LogP contribution in [-0.2, 0) is 4.79 Å². The van der Waals surface area contributed by atoms with E-state index in [2.05, 4.69) is 24.4 Å². The zero-order valence-electron chi connectivity index (χ0n) is 9.36. The Bertz CT molecular complexity index is 265. The van der Waals surface area contributed by atoms with E-state index in [0.717, 1.165) is 17.9 Å². The summed E-state index contributed by atoms with van der Waals surface area (Å²) in [5, 5.41) is 5.75. The van der Waals surface area contributed by atoms with E-state index < -0.39 is 0 Å². The molecule has 0 saturated carbocycles. The van der Waals surface area contributed by atoms with Crippen molar-refractivity contribution in [3.05, 3.63) is 0 Å².